The van der Waals surface area contributed by atoms with Gasteiger partial charge in [-0.2, -0.15) is 0 Å². The molecule has 0 aliphatic heterocycles. The molecule has 0 amide bonds. The van der Waals surface area contributed by atoms with Gasteiger partial charge < -0.3 is 10.4 Å². The minimum Gasteiger partial charge on any atom is -0.396 e. The third-order valence-corrected chi connectivity index (χ3v) is 3.86. The summed E-state index contributed by atoms with van der Waals surface area (Å²) in [6.07, 6.45) is 5.61. The van der Waals surface area contributed by atoms with Gasteiger partial charge in [0, 0.05) is 42.0 Å². The zero-order valence-corrected chi connectivity index (χ0v) is 12.1. The Morgan fingerprint density at radius 1 is 1.35 bits per heavy atom. The van der Waals surface area contributed by atoms with Gasteiger partial charge in [-0.15, -0.1) is 0 Å². The van der Waals surface area contributed by atoms with Gasteiger partial charge in [0.15, 0.2) is 0 Å². The molecule has 0 aliphatic carbocycles. The summed E-state index contributed by atoms with van der Waals surface area (Å²) >= 11 is 3.40. The fourth-order valence-corrected chi connectivity index (χ4v) is 2.22. The average molecular weight is 301 g/mol. The van der Waals surface area contributed by atoms with E-state index in [1.165, 1.54) is 0 Å². The van der Waals surface area contributed by atoms with Gasteiger partial charge >= 0.3 is 0 Å². The number of aromatic nitrogens is 1. The summed E-state index contributed by atoms with van der Waals surface area (Å²) in [4.78, 5) is 4.12. The SMILES string of the molecule is CCC(CC)(CO)CNCc1cncc(Br)c1. The van der Waals surface area contributed by atoms with Crippen LogP contribution in [0, 0.1) is 5.41 Å². The molecule has 0 saturated carbocycles. The molecule has 0 saturated heterocycles. The first-order valence-electron chi connectivity index (χ1n) is 6.07. The van der Waals surface area contributed by atoms with Crippen molar-refractivity contribution in [2.24, 2.45) is 5.41 Å². The van der Waals surface area contributed by atoms with E-state index >= 15 is 0 Å². The zero-order valence-electron chi connectivity index (χ0n) is 10.5. The Morgan fingerprint density at radius 2 is 2.06 bits per heavy atom. The maximum Gasteiger partial charge on any atom is 0.0499 e. The van der Waals surface area contributed by atoms with E-state index in [1.54, 1.807) is 6.20 Å². The van der Waals surface area contributed by atoms with Crippen molar-refractivity contribution >= 4 is 15.9 Å². The second kappa shape index (κ2) is 7.09. The molecule has 0 fully saturated rings. The molecule has 0 bridgehead atoms. The minimum absolute atomic E-state index is 0.0133. The molecule has 4 heteroatoms. The number of nitrogens with one attached hydrogen (secondary N) is 1. The summed E-state index contributed by atoms with van der Waals surface area (Å²) in [6.45, 7) is 6.12. The number of hydrogen-bond acceptors (Lipinski definition) is 3. The van der Waals surface area contributed by atoms with E-state index in [9.17, 15) is 5.11 Å². The topological polar surface area (TPSA) is 45.1 Å². The van der Waals surface area contributed by atoms with Crippen LogP contribution in [0.3, 0.4) is 0 Å². The largest absolute Gasteiger partial charge is 0.396 e. The Hall–Kier alpha value is -0.450. The van der Waals surface area contributed by atoms with Crippen LogP contribution in [0.2, 0.25) is 0 Å². The van der Waals surface area contributed by atoms with Crippen molar-refractivity contribution in [3.8, 4) is 0 Å². The first-order valence-corrected chi connectivity index (χ1v) is 6.86. The van der Waals surface area contributed by atoms with E-state index in [0.717, 1.165) is 36.0 Å². The van der Waals surface area contributed by atoms with Crippen LogP contribution < -0.4 is 5.32 Å². The van der Waals surface area contributed by atoms with Crippen molar-refractivity contribution in [1.82, 2.24) is 10.3 Å². The standard InChI is InChI=1S/C13H21BrN2O/c1-3-13(4-2,10-17)9-16-7-11-5-12(14)8-15-6-11/h5-6,8,16-17H,3-4,7,9-10H2,1-2H3. The van der Waals surface area contributed by atoms with Crippen molar-refractivity contribution in [2.45, 2.75) is 33.2 Å². The van der Waals surface area contributed by atoms with Gasteiger partial charge in [0.2, 0.25) is 0 Å². The molecule has 2 N–H and O–H groups in total. The summed E-state index contributed by atoms with van der Waals surface area (Å²) < 4.78 is 0.996. The predicted octanol–water partition coefficient (Wildman–Crippen LogP) is 2.73. The molecule has 0 aliphatic rings. The minimum atomic E-state index is 0.0133. The third kappa shape index (κ3) is 4.37. The lowest BCUT2D eigenvalue weighted by molar-refractivity contribution is 0.113. The molecule has 0 unspecified atom stereocenters. The molecular weight excluding hydrogens is 280 g/mol. The van der Waals surface area contributed by atoms with Gasteiger partial charge in [0.1, 0.15) is 0 Å². The van der Waals surface area contributed by atoms with Gasteiger partial charge in [-0.3, -0.25) is 4.98 Å². The Kier molecular flexibility index (Phi) is 6.09. The molecule has 3 nitrogen and oxygen atoms in total. The summed E-state index contributed by atoms with van der Waals surface area (Å²) in [7, 11) is 0. The highest BCUT2D eigenvalue weighted by Gasteiger charge is 2.24. The lowest BCUT2D eigenvalue weighted by Crippen LogP contribution is -2.36. The fraction of sp³-hybridized carbons (Fsp3) is 0.615. The molecule has 1 rings (SSSR count). The predicted molar refractivity (Wildman–Crippen MR) is 73.7 cm³/mol. The molecule has 0 aromatic carbocycles. The first-order chi connectivity index (χ1) is 8.15. The van der Waals surface area contributed by atoms with Crippen LogP contribution in [0.4, 0.5) is 0 Å². The Morgan fingerprint density at radius 3 is 2.59 bits per heavy atom. The summed E-state index contributed by atoms with van der Waals surface area (Å²) in [5.74, 6) is 0. The number of aliphatic hydroxyl groups excluding tert-OH is 1. The molecule has 1 aromatic rings. The van der Waals surface area contributed by atoms with Crippen LogP contribution in [0.15, 0.2) is 22.9 Å². The molecule has 1 heterocycles. The number of rotatable bonds is 7. The highest BCUT2D eigenvalue weighted by atomic mass is 79.9. The van der Waals surface area contributed by atoms with E-state index in [0.29, 0.717) is 0 Å². The highest BCUT2D eigenvalue weighted by Crippen LogP contribution is 2.24. The molecule has 17 heavy (non-hydrogen) atoms. The van der Waals surface area contributed by atoms with Crippen LogP contribution in [-0.2, 0) is 6.54 Å². The Balaban J connectivity index is 2.46. The van der Waals surface area contributed by atoms with E-state index in [2.05, 4.69) is 46.1 Å². The normalized spacial score (nSPS) is 11.8. The molecule has 0 spiro atoms. The van der Waals surface area contributed by atoms with Crippen LogP contribution in [0.5, 0.6) is 0 Å². The van der Waals surface area contributed by atoms with Gasteiger partial charge in [-0.1, -0.05) is 13.8 Å². The number of pyridine rings is 1. The van der Waals surface area contributed by atoms with E-state index in [-0.39, 0.29) is 12.0 Å². The quantitative estimate of drug-likeness (QED) is 0.814. The third-order valence-electron chi connectivity index (χ3n) is 3.43. The van der Waals surface area contributed by atoms with Crippen molar-refractivity contribution in [2.75, 3.05) is 13.2 Å². The highest BCUT2D eigenvalue weighted by molar-refractivity contribution is 9.10. The summed E-state index contributed by atoms with van der Waals surface area (Å²) in [5, 5.41) is 12.9. The number of halogens is 1. The van der Waals surface area contributed by atoms with E-state index in [4.69, 9.17) is 0 Å². The summed E-state index contributed by atoms with van der Waals surface area (Å²) in [6, 6.07) is 2.05. The molecular formula is C13H21BrN2O. The van der Waals surface area contributed by atoms with Gasteiger partial charge in [-0.05, 0) is 40.4 Å². The Bertz CT molecular complexity index is 332. The average Bonchev–Trinajstić information content (AvgIpc) is 2.35. The molecule has 1 aromatic heterocycles. The lowest BCUT2D eigenvalue weighted by atomic mass is 9.83. The monoisotopic (exact) mass is 300 g/mol. The van der Waals surface area contributed by atoms with Crippen LogP contribution in [-0.4, -0.2) is 23.2 Å². The van der Waals surface area contributed by atoms with Crippen molar-refractivity contribution < 1.29 is 5.11 Å². The number of hydrogen-bond donors (Lipinski definition) is 2. The maximum atomic E-state index is 9.46. The first kappa shape index (κ1) is 14.6. The van der Waals surface area contributed by atoms with E-state index in [1.807, 2.05) is 6.20 Å². The molecule has 0 atom stereocenters. The van der Waals surface area contributed by atoms with Gasteiger partial charge in [-0.25, -0.2) is 0 Å². The van der Waals surface area contributed by atoms with Crippen molar-refractivity contribution in [1.29, 1.82) is 0 Å². The summed E-state index contributed by atoms with van der Waals surface area (Å²) in [5.41, 5.74) is 1.16. The fourth-order valence-electron chi connectivity index (χ4n) is 1.80. The number of nitrogens with zero attached hydrogens (tertiary/aromatic N) is 1. The van der Waals surface area contributed by atoms with Gasteiger partial charge in [0.25, 0.3) is 0 Å². The zero-order chi connectivity index (χ0) is 12.7. The van der Waals surface area contributed by atoms with E-state index < -0.39 is 0 Å². The lowest BCUT2D eigenvalue weighted by Gasteiger charge is -2.29. The van der Waals surface area contributed by atoms with Crippen LogP contribution >= 0.6 is 15.9 Å². The van der Waals surface area contributed by atoms with Crippen LogP contribution in [0.1, 0.15) is 32.3 Å². The molecule has 0 radical (unpaired) electrons. The Labute approximate surface area is 112 Å². The second-order valence-electron chi connectivity index (χ2n) is 4.48. The number of aliphatic hydroxyl groups is 1. The van der Waals surface area contributed by atoms with Gasteiger partial charge in [0.05, 0.1) is 0 Å². The maximum absolute atomic E-state index is 9.46. The van der Waals surface area contributed by atoms with Crippen molar-refractivity contribution in [3.05, 3.63) is 28.5 Å². The molecule has 96 valence electrons. The smallest absolute Gasteiger partial charge is 0.0499 e. The van der Waals surface area contributed by atoms with Crippen molar-refractivity contribution in [3.63, 3.8) is 0 Å². The van der Waals surface area contributed by atoms with Crippen LogP contribution in [0.25, 0.3) is 0 Å². The second-order valence-corrected chi connectivity index (χ2v) is 5.40.